The Morgan fingerprint density at radius 1 is 1.88 bits per heavy atom. The molecular weight excluding hydrogens is 217 g/mol. The maximum atomic E-state index is 5.44. The zero-order valence-electron chi connectivity index (χ0n) is 4.43. The van der Waals surface area contributed by atoms with E-state index < -0.39 is 0 Å². The highest BCUT2D eigenvalue weighted by atomic mass is 127. The summed E-state index contributed by atoms with van der Waals surface area (Å²) in [5.74, 6) is 0.703. The molecule has 0 aliphatic rings. The number of hydrogen-bond acceptors (Lipinski definition) is 2. The number of nitrogens with zero attached hydrogens (tertiary/aromatic N) is 2. The van der Waals surface area contributed by atoms with E-state index in [-0.39, 0.29) is 0 Å². The predicted octanol–water partition coefficient (Wildman–Crippen LogP) is 0.607. The van der Waals surface area contributed by atoms with Crippen LogP contribution in [0.5, 0.6) is 0 Å². The van der Waals surface area contributed by atoms with Crippen molar-refractivity contribution in [1.82, 2.24) is 9.78 Å². The van der Waals surface area contributed by atoms with Gasteiger partial charge >= 0.3 is 0 Å². The fourth-order valence-electron chi connectivity index (χ4n) is 0.445. The second kappa shape index (κ2) is 1.93. The van der Waals surface area contributed by atoms with Gasteiger partial charge in [-0.25, -0.2) is 0 Å². The Balaban J connectivity index is 3.14. The number of nitrogens with two attached hydrogens (primary N) is 1. The van der Waals surface area contributed by atoms with Crippen LogP contribution in [0.15, 0.2) is 6.07 Å². The lowest BCUT2D eigenvalue weighted by Gasteiger charge is -1.87. The number of nitrogen functional groups attached to an aromatic ring is 1. The first-order chi connectivity index (χ1) is 3.70. The Bertz CT molecular complexity index is 174. The number of rotatable bonds is 0. The molecule has 0 saturated carbocycles. The highest BCUT2D eigenvalue weighted by molar-refractivity contribution is 14.1. The average Bonchev–Trinajstić information content (AvgIpc) is 1.85. The molecule has 0 fully saturated rings. The van der Waals surface area contributed by atoms with Gasteiger partial charge < -0.3 is 5.73 Å². The third-order valence-electron chi connectivity index (χ3n) is 0.886. The summed E-state index contributed by atoms with van der Waals surface area (Å²) >= 11 is 2.11. The van der Waals surface area contributed by atoms with Gasteiger partial charge in [-0.2, -0.15) is 5.10 Å². The lowest BCUT2D eigenvalue weighted by molar-refractivity contribution is 0.770. The van der Waals surface area contributed by atoms with Gasteiger partial charge in [0.1, 0.15) is 9.52 Å². The van der Waals surface area contributed by atoms with E-state index in [2.05, 4.69) is 27.7 Å². The van der Waals surface area contributed by atoms with Crippen LogP contribution in [0.4, 0.5) is 5.82 Å². The van der Waals surface area contributed by atoms with Gasteiger partial charge in [-0.3, -0.25) is 4.68 Å². The van der Waals surface area contributed by atoms with Gasteiger partial charge in [0.2, 0.25) is 0 Å². The van der Waals surface area contributed by atoms with Crippen LogP contribution in [-0.4, -0.2) is 9.78 Å². The summed E-state index contributed by atoms with van der Waals surface area (Å²) in [4.78, 5) is 0. The van der Waals surface area contributed by atoms with Crippen LogP contribution in [0.25, 0.3) is 0 Å². The molecular formula is C4H6IN3. The Morgan fingerprint density at radius 2 is 2.50 bits per heavy atom. The van der Waals surface area contributed by atoms with Crippen LogP contribution in [0.2, 0.25) is 0 Å². The highest BCUT2D eigenvalue weighted by Crippen LogP contribution is 2.05. The van der Waals surface area contributed by atoms with E-state index in [0.29, 0.717) is 5.82 Å². The Hall–Kier alpha value is -0.260. The number of anilines is 1. The molecule has 1 rings (SSSR count). The molecule has 0 aliphatic heterocycles. The number of halogens is 1. The molecule has 0 saturated heterocycles. The summed E-state index contributed by atoms with van der Waals surface area (Å²) in [6.07, 6.45) is 0. The maximum Gasteiger partial charge on any atom is 0.125 e. The van der Waals surface area contributed by atoms with Gasteiger partial charge in [-0.1, -0.05) is 0 Å². The summed E-state index contributed by atoms with van der Waals surface area (Å²) in [7, 11) is 1.82. The van der Waals surface area contributed by atoms with Gasteiger partial charge in [0, 0.05) is 13.1 Å². The second-order valence-corrected chi connectivity index (χ2v) is 2.62. The normalized spacial score (nSPS) is 9.75. The molecule has 1 heterocycles. The van der Waals surface area contributed by atoms with Crippen molar-refractivity contribution in [3.05, 3.63) is 9.77 Å². The molecule has 1 aromatic heterocycles. The monoisotopic (exact) mass is 223 g/mol. The third kappa shape index (κ3) is 0.936. The molecule has 2 N–H and O–H groups in total. The minimum atomic E-state index is 0.703. The molecule has 0 amide bonds. The minimum Gasteiger partial charge on any atom is -0.384 e. The van der Waals surface area contributed by atoms with Crippen molar-refractivity contribution in [3.8, 4) is 0 Å². The van der Waals surface area contributed by atoms with E-state index in [1.54, 1.807) is 4.68 Å². The van der Waals surface area contributed by atoms with Crippen molar-refractivity contribution >= 4 is 28.4 Å². The Labute approximate surface area is 61.0 Å². The van der Waals surface area contributed by atoms with E-state index in [1.807, 2.05) is 13.1 Å². The average molecular weight is 223 g/mol. The van der Waals surface area contributed by atoms with Crippen molar-refractivity contribution in [3.63, 3.8) is 0 Å². The Morgan fingerprint density at radius 3 is 2.62 bits per heavy atom. The van der Waals surface area contributed by atoms with E-state index >= 15 is 0 Å². The molecule has 0 spiro atoms. The summed E-state index contributed by atoms with van der Waals surface area (Å²) in [5, 5.41) is 3.99. The first-order valence-corrected chi connectivity index (χ1v) is 3.23. The molecule has 3 nitrogen and oxygen atoms in total. The van der Waals surface area contributed by atoms with Gasteiger partial charge in [-0.15, -0.1) is 0 Å². The van der Waals surface area contributed by atoms with Crippen LogP contribution in [-0.2, 0) is 7.05 Å². The SMILES string of the molecule is Cn1nc(I)cc1N. The van der Waals surface area contributed by atoms with E-state index in [9.17, 15) is 0 Å². The molecule has 8 heavy (non-hydrogen) atoms. The van der Waals surface area contributed by atoms with Crippen LogP contribution < -0.4 is 5.73 Å². The fraction of sp³-hybridized carbons (Fsp3) is 0.250. The molecule has 44 valence electrons. The first kappa shape index (κ1) is 5.87. The van der Waals surface area contributed by atoms with Gasteiger partial charge in [0.15, 0.2) is 0 Å². The van der Waals surface area contributed by atoms with E-state index in [4.69, 9.17) is 5.73 Å². The second-order valence-electron chi connectivity index (χ2n) is 1.52. The molecule has 1 aromatic rings. The number of hydrogen-bond donors (Lipinski definition) is 1. The smallest absolute Gasteiger partial charge is 0.125 e. The van der Waals surface area contributed by atoms with Gasteiger partial charge in [-0.05, 0) is 22.6 Å². The largest absolute Gasteiger partial charge is 0.384 e. The zero-order valence-corrected chi connectivity index (χ0v) is 6.58. The summed E-state index contributed by atoms with van der Waals surface area (Å²) in [6.45, 7) is 0. The first-order valence-electron chi connectivity index (χ1n) is 2.15. The van der Waals surface area contributed by atoms with Crippen LogP contribution in [0.3, 0.4) is 0 Å². The van der Waals surface area contributed by atoms with E-state index in [0.717, 1.165) is 3.70 Å². The molecule has 0 radical (unpaired) electrons. The number of aryl methyl sites for hydroxylation is 1. The molecule has 0 atom stereocenters. The maximum absolute atomic E-state index is 5.44. The topological polar surface area (TPSA) is 43.8 Å². The van der Waals surface area contributed by atoms with Gasteiger partial charge in [0.05, 0.1) is 0 Å². The third-order valence-corrected chi connectivity index (χ3v) is 1.41. The lowest BCUT2D eigenvalue weighted by atomic mass is 10.7. The molecule has 0 aromatic carbocycles. The highest BCUT2D eigenvalue weighted by Gasteiger charge is 1.94. The van der Waals surface area contributed by atoms with Crippen LogP contribution in [0.1, 0.15) is 0 Å². The number of aromatic nitrogens is 2. The predicted molar refractivity (Wildman–Crippen MR) is 40.3 cm³/mol. The van der Waals surface area contributed by atoms with Crippen molar-refractivity contribution in [2.24, 2.45) is 7.05 Å². The van der Waals surface area contributed by atoms with Crippen molar-refractivity contribution in [1.29, 1.82) is 0 Å². The quantitative estimate of drug-likeness (QED) is 0.654. The standard InChI is InChI=1S/C4H6IN3/c1-8-4(6)2-3(5)7-8/h2H,6H2,1H3. The van der Waals surface area contributed by atoms with Crippen molar-refractivity contribution in [2.45, 2.75) is 0 Å². The van der Waals surface area contributed by atoms with Crippen LogP contribution >= 0.6 is 22.6 Å². The van der Waals surface area contributed by atoms with E-state index in [1.165, 1.54) is 0 Å². The van der Waals surface area contributed by atoms with Gasteiger partial charge in [0.25, 0.3) is 0 Å². The summed E-state index contributed by atoms with van der Waals surface area (Å²) < 4.78 is 2.57. The zero-order chi connectivity index (χ0) is 6.15. The van der Waals surface area contributed by atoms with Crippen molar-refractivity contribution in [2.75, 3.05) is 5.73 Å². The Kier molecular flexibility index (Phi) is 1.41. The minimum absolute atomic E-state index is 0.703. The van der Waals surface area contributed by atoms with Crippen LogP contribution in [0, 0.1) is 3.70 Å². The fourth-order valence-corrected chi connectivity index (χ4v) is 1.09. The molecule has 0 bridgehead atoms. The van der Waals surface area contributed by atoms with Crippen molar-refractivity contribution < 1.29 is 0 Å². The summed E-state index contributed by atoms with van der Waals surface area (Å²) in [6, 6.07) is 1.82. The molecule has 4 heteroatoms. The lowest BCUT2D eigenvalue weighted by Crippen LogP contribution is -1.96. The summed E-state index contributed by atoms with van der Waals surface area (Å²) in [5.41, 5.74) is 5.44. The molecule has 0 aliphatic carbocycles. The molecule has 0 unspecified atom stereocenters.